The smallest absolute Gasteiger partial charge is 0.282 e. The van der Waals surface area contributed by atoms with E-state index < -0.39 is 0 Å². The molecule has 6 rings (SSSR count). The van der Waals surface area contributed by atoms with Crippen LogP contribution in [0.4, 0.5) is 4.39 Å². The second-order valence-corrected chi connectivity index (χ2v) is 9.92. The predicted molar refractivity (Wildman–Crippen MR) is 154 cm³/mol. The summed E-state index contributed by atoms with van der Waals surface area (Å²) < 4.78 is 27.5. The van der Waals surface area contributed by atoms with Gasteiger partial charge in [-0.15, -0.1) is 0 Å². The molecule has 9 heteroatoms. The van der Waals surface area contributed by atoms with Crippen molar-refractivity contribution in [1.29, 1.82) is 0 Å². The molecule has 0 saturated carbocycles. The van der Waals surface area contributed by atoms with Crippen LogP contribution < -0.4 is 10.3 Å². The van der Waals surface area contributed by atoms with Crippen molar-refractivity contribution in [3.05, 3.63) is 128 Å². The molecule has 0 fully saturated rings. The lowest BCUT2D eigenvalue weighted by molar-refractivity contribution is 0.298. The highest BCUT2D eigenvalue weighted by atomic mass is 79.9. The number of aromatic nitrogens is 2. The van der Waals surface area contributed by atoms with E-state index in [9.17, 15) is 9.18 Å². The molecule has 0 bridgehead atoms. The number of fused-ring (bicyclic) bond motifs is 2. The van der Waals surface area contributed by atoms with E-state index in [4.69, 9.17) is 25.7 Å². The second-order valence-electron chi connectivity index (χ2n) is 8.66. The maximum atomic E-state index is 14.0. The minimum absolute atomic E-state index is 0.0114. The van der Waals surface area contributed by atoms with Crippen LogP contribution in [0.15, 0.2) is 110 Å². The molecule has 0 saturated heterocycles. The first kappa shape index (κ1) is 25.0. The monoisotopic (exact) mass is 601 g/mol. The van der Waals surface area contributed by atoms with E-state index in [2.05, 4.69) is 21.0 Å². The molecule has 0 unspecified atom stereocenters. The van der Waals surface area contributed by atoms with Crippen molar-refractivity contribution in [2.75, 3.05) is 0 Å². The molecular weight excluding hydrogens is 585 g/mol. The molecule has 6 nitrogen and oxygen atoms in total. The Labute approximate surface area is 235 Å². The Kier molecular flexibility index (Phi) is 6.72. The molecule has 2 aromatic heterocycles. The van der Waals surface area contributed by atoms with Gasteiger partial charge in [-0.25, -0.2) is 9.37 Å². The van der Waals surface area contributed by atoms with E-state index in [1.54, 1.807) is 48.5 Å². The number of hydrogen-bond donors (Lipinski definition) is 0. The standard InChI is InChI=1S/C30H18BrClFN3O3/c31-22-13-18(14-23(32)28(22)38-17-20-8-1-4-10-24(20)33)16-34-36-29(27-15-19-7-2-6-12-26(19)39-27)35-25-11-5-3-9-21(25)30(36)37/h1-16H,17H2. The number of benzene rings is 4. The Balaban J connectivity index is 1.38. The van der Waals surface area contributed by atoms with Crippen LogP contribution in [0.3, 0.4) is 0 Å². The van der Waals surface area contributed by atoms with Crippen molar-refractivity contribution in [3.8, 4) is 17.3 Å². The summed E-state index contributed by atoms with van der Waals surface area (Å²) in [5.74, 6) is 0.682. The van der Waals surface area contributed by atoms with Gasteiger partial charge in [-0.2, -0.15) is 9.78 Å². The van der Waals surface area contributed by atoms with Gasteiger partial charge in [0.2, 0.25) is 5.82 Å². The molecule has 4 aromatic carbocycles. The number of ether oxygens (including phenoxy) is 1. The fourth-order valence-corrected chi connectivity index (χ4v) is 5.15. The number of rotatable bonds is 6. The van der Waals surface area contributed by atoms with Gasteiger partial charge in [0, 0.05) is 10.9 Å². The van der Waals surface area contributed by atoms with Gasteiger partial charge < -0.3 is 9.15 Å². The third-order valence-corrected chi connectivity index (χ3v) is 6.94. The zero-order valence-corrected chi connectivity index (χ0v) is 22.5. The topological polar surface area (TPSA) is 69.6 Å². The number of halogens is 3. The largest absolute Gasteiger partial charge is 0.486 e. The quantitative estimate of drug-likeness (QED) is 0.182. The van der Waals surface area contributed by atoms with Crippen LogP contribution in [0.5, 0.6) is 5.75 Å². The molecule has 0 aliphatic rings. The van der Waals surface area contributed by atoms with Crippen LogP contribution in [0, 0.1) is 5.82 Å². The van der Waals surface area contributed by atoms with Crippen LogP contribution in [0.2, 0.25) is 5.02 Å². The summed E-state index contributed by atoms with van der Waals surface area (Å²) in [4.78, 5) is 18.2. The van der Waals surface area contributed by atoms with Crippen molar-refractivity contribution < 1.29 is 13.5 Å². The van der Waals surface area contributed by atoms with E-state index in [1.165, 1.54) is 17.0 Å². The molecular formula is C30H18BrClFN3O3. The van der Waals surface area contributed by atoms with E-state index in [0.29, 0.717) is 48.6 Å². The van der Waals surface area contributed by atoms with Crippen molar-refractivity contribution in [2.45, 2.75) is 6.61 Å². The van der Waals surface area contributed by atoms with Gasteiger partial charge in [0.15, 0.2) is 11.5 Å². The van der Waals surface area contributed by atoms with E-state index >= 15 is 0 Å². The lowest BCUT2D eigenvalue weighted by atomic mass is 10.2. The fraction of sp³-hybridized carbons (Fsp3) is 0.0333. The Morgan fingerprint density at radius 3 is 2.62 bits per heavy atom. The van der Waals surface area contributed by atoms with Gasteiger partial charge >= 0.3 is 0 Å². The minimum Gasteiger partial charge on any atom is -0.486 e. The van der Waals surface area contributed by atoms with Crippen LogP contribution in [0.25, 0.3) is 33.5 Å². The van der Waals surface area contributed by atoms with Gasteiger partial charge in [-0.1, -0.05) is 60.1 Å². The second kappa shape index (κ2) is 10.5. The summed E-state index contributed by atoms with van der Waals surface area (Å²) in [6, 6.07) is 26.2. The molecule has 0 amide bonds. The average molecular weight is 603 g/mol. The van der Waals surface area contributed by atoms with Crippen molar-refractivity contribution in [1.82, 2.24) is 9.66 Å². The van der Waals surface area contributed by atoms with Gasteiger partial charge in [-0.3, -0.25) is 4.79 Å². The third-order valence-electron chi connectivity index (χ3n) is 6.07. The van der Waals surface area contributed by atoms with Crippen molar-refractivity contribution in [2.24, 2.45) is 5.10 Å². The fourth-order valence-electron chi connectivity index (χ4n) is 4.16. The van der Waals surface area contributed by atoms with Crippen LogP contribution in [0.1, 0.15) is 11.1 Å². The molecule has 0 atom stereocenters. The molecule has 0 radical (unpaired) electrons. The number of furan rings is 1. The SMILES string of the molecule is O=c1c2ccccc2nc(-c2cc3ccccc3o2)n1N=Cc1cc(Cl)c(OCc2ccccc2F)c(Br)c1. The minimum atomic E-state index is -0.358. The molecule has 192 valence electrons. The molecule has 0 N–H and O–H groups in total. The Bertz CT molecular complexity index is 1890. The number of para-hydroxylation sites is 2. The zero-order chi connectivity index (χ0) is 26.9. The molecule has 0 aliphatic carbocycles. The lowest BCUT2D eigenvalue weighted by Crippen LogP contribution is -2.20. The summed E-state index contributed by atoms with van der Waals surface area (Å²) in [5, 5.41) is 6.08. The first-order valence-corrected chi connectivity index (χ1v) is 13.1. The Morgan fingerprint density at radius 2 is 1.79 bits per heavy atom. The third kappa shape index (κ3) is 4.96. The van der Waals surface area contributed by atoms with Gasteiger partial charge in [-0.05, 0) is 64.0 Å². The number of nitrogens with zero attached hydrogens (tertiary/aromatic N) is 3. The summed E-state index contributed by atoms with van der Waals surface area (Å²) >= 11 is 9.97. The molecule has 6 aromatic rings. The van der Waals surface area contributed by atoms with Crippen LogP contribution in [-0.2, 0) is 6.61 Å². The molecule has 0 spiro atoms. The summed E-state index contributed by atoms with van der Waals surface area (Å²) in [6.07, 6.45) is 1.50. The van der Waals surface area contributed by atoms with E-state index in [0.717, 1.165) is 5.39 Å². The normalized spacial score (nSPS) is 11.6. The van der Waals surface area contributed by atoms with E-state index in [-0.39, 0.29) is 23.8 Å². The predicted octanol–water partition coefficient (Wildman–Crippen LogP) is 7.83. The van der Waals surface area contributed by atoms with Crippen molar-refractivity contribution >= 4 is 55.6 Å². The van der Waals surface area contributed by atoms with Crippen LogP contribution >= 0.6 is 27.5 Å². The first-order valence-electron chi connectivity index (χ1n) is 11.9. The van der Waals surface area contributed by atoms with Gasteiger partial charge in [0.25, 0.3) is 5.56 Å². The van der Waals surface area contributed by atoms with Gasteiger partial charge in [0.05, 0.1) is 26.6 Å². The van der Waals surface area contributed by atoms with Gasteiger partial charge in [0.1, 0.15) is 18.0 Å². The van der Waals surface area contributed by atoms with E-state index in [1.807, 2.05) is 36.4 Å². The highest BCUT2D eigenvalue weighted by Crippen LogP contribution is 2.35. The van der Waals surface area contributed by atoms with Crippen molar-refractivity contribution in [3.63, 3.8) is 0 Å². The Morgan fingerprint density at radius 1 is 1.03 bits per heavy atom. The maximum Gasteiger partial charge on any atom is 0.282 e. The molecule has 39 heavy (non-hydrogen) atoms. The summed E-state index contributed by atoms with van der Waals surface area (Å²) in [5.41, 5.74) is 1.87. The average Bonchev–Trinajstić information content (AvgIpc) is 3.37. The lowest BCUT2D eigenvalue weighted by Gasteiger charge is -2.12. The summed E-state index contributed by atoms with van der Waals surface area (Å²) in [7, 11) is 0. The molecule has 2 heterocycles. The summed E-state index contributed by atoms with van der Waals surface area (Å²) in [6.45, 7) is 0.0114. The molecule has 0 aliphatic heterocycles. The highest BCUT2D eigenvalue weighted by Gasteiger charge is 2.17. The Hall–Kier alpha value is -4.27. The highest BCUT2D eigenvalue weighted by molar-refractivity contribution is 9.10. The first-order chi connectivity index (χ1) is 19.0. The maximum absolute atomic E-state index is 14.0. The zero-order valence-electron chi connectivity index (χ0n) is 20.1. The number of hydrogen-bond acceptors (Lipinski definition) is 5. The van der Waals surface area contributed by atoms with Crippen LogP contribution in [-0.4, -0.2) is 15.9 Å².